The molecular formula is C17H30N2O2. The zero-order valence-corrected chi connectivity index (χ0v) is 13.6. The maximum atomic E-state index is 12.7. The first-order valence-electron chi connectivity index (χ1n) is 8.63. The fraction of sp³-hybridized carbons (Fsp3) is 0.882. The van der Waals surface area contributed by atoms with E-state index in [0.29, 0.717) is 6.42 Å². The molecule has 1 heterocycles. The second-order valence-electron chi connectivity index (χ2n) is 6.63. The van der Waals surface area contributed by atoms with E-state index in [9.17, 15) is 9.59 Å². The van der Waals surface area contributed by atoms with Crippen molar-refractivity contribution in [3.05, 3.63) is 0 Å². The molecule has 0 spiro atoms. The van der Waals surface area contributed by atoms with Crippen LogP contribution in [0.4, 0.5) is 0 Å². The van der Waals surface area contributed by atoms with Gasteiger partial charge in [-0.2, -0.15) is 0 Å². The first kappa shape index (κ1) is 16.5. The SMILES string of the molecule is CCC(=O)[C@@H]1CCCC[C@@H]1C(=O)N(C)CCN1CCCC1. The number of rotatable bonds is 6. The maximum absolute atomic E-state index is 12.7. The Morgan fingerprint density at radius 3 is 2.29 bits per heavy atom. The lowest BCUT2D eigenvalue weighted by Gasteiger charge is -2.33. The second kappa shape index (κ2) is 7.92. The van der Waals surface area contributed by atoms with E-state index >= 15 is 0 Å². The number of Topliss-reactive ketones (excluding diaryl/α,β-unsaturated/α-hetero) is 1. The normalized spacial score (nSPS) is 26.8. The number of likely N-dealkylation sites (tertiary alicyclic amines) is 1. The van der Waals surface area contributed by atoms with Gasteiger partial charge in [0.05, 0.1) is 0 Å². The average Bonchev–Trinajstić information content (AvgIpc) is 3.04. The number of likely N-dealkylation sites (N-methyl/N-ethyl adjacent to an activating group) is 1. The smallest absolute Gasteiger partial charge is 0.226 e. The van der Waals surface area contributed by atoms with Gasteiger partial charge in [0.25, 0.3) is 0 Å². The van der Waals surface area contributed by atoms with Gasteiger partial charge < -0.3 is 9.80 Å². The van der Waals surface area contributed by atoms with Gasteiger partial charge in [-0.1, -0.05) is 19.8 Å². The van der Waals surface area contributed by atoms with Gasteiger partial charge in [-0.25, -0.2) is 0 Å². The van der Waals surface area contributed by atoms with Crippen LogP contribution < -0.4 is 0 Å². The van der Waals surface area contributed by atoms with Crippen molar-refractivity contribution in [1.29, 1.82) is 0 Å². The van der Waals surface area contributed by atoms with Crippen molar-refractivity contribution < 1.29 is 9.59 Å². The van der Waals surface area contributed by atoms with Gasteiger partial charge in [0.15, 0.2) is 0 Å². The monoisotopic (exact) mass is 294 g/mol. The number of nitrogens with zero attached hydrogens (tertiary/aromatic N) is 2. The molecule has 4 nitrogen and oxygen atoms in total. The molecule has 2 rings (SSSR count). The Morgan fingerprint density at radius 2 is 1.67 bits per heavy atom. The highest BCUT2D eigenvalue weighted by atomic mass is 16.2. The van der Waals surface area contributed by atoms with E-state index in [2.05, 4.69) is 4.90 Å². The van der Waals surface area contributed by atoms with Crippen molar-refractivity contribution in [1.82, 2.24) is 9.80 Å². The lowest BCUT2D eigenvalue weighted by Crippen LogP contribution is -2.43. The van der Waals surface area contributed by atoms with E-state index in [1.165, 1.54) is 25.9 Å². The standard InChI is InChI=1S/C17H30N2O2/c1-3-16(20)14-8-4-5-9-15(14)17(21)18(2)12-13-19-10-6-7-11-19/h14-15H,3-13H2,1-2H3/t14-,15+/m1/s1. The minimum atomic E-state index is -0.0604. The number of hydrogen-bond acceptors (Lipinski definition) is 3. The predicted octanol–water partition coefficient (Wildman–Crippen LogP) is 2.33. The van der Waals surface area contributed by atoms with Crippen LogP contribution in [0, 0.1) is 11.8 Å². The minimum absolute atomic E-state index is 0.0227. The van der Waals surface area contributed by atoms with Gasteiger partial charge in [-0.15, -0.1) is 0 Å². The largest absolute Gasteiger partial charge is 0.344 e. The Kier molecular flexibility index (Phi) is 6.22. The van der Waals surface area contributed by atoms with Crippen molar-refractivity contribution in [2.75, 3.05) is 33.2 Å². The molecule has 1 saturated carbocycles. The zero-order chi connectivity index (χ0) is 15.2. The summed E-state index contributed by atoms with van der Waals surface area (Å²) in [6.07, 6.45) is 7.11. The molecule has 0 aromatic rings. The summed E-state index contributed by atoms with van der Waals surface area (Å²) in [6.45, 7) is 6.02. The Labute approximate surface area is 128 Å². The van der Waals surface area contributed by atoms with Gasteiger partial charge >= 0.3 is 0 Å². The Morgan fingerprint density at radius 1 is 1.05 bits per heavy atom. The van der Waals surface area contributed by atoms with Crippen LogP contribution in [0.1, 0.15) is 51.9 Å². The summed E-state index contributed by atoms with van der Waals surface area (Å²) in [5.74, 6) is 0.391. The van der Waals surface area contributed by atoms with Crippen LogP contribution in [0.5, 0.6) is 0 Å². The molecule has 0 N–H and O–H groups in total. The summed E-state index contributed by atoms with van der Waals surface area (Å²) in [5.41, 5.74) is 0. The van der Waals surface area contributed by atoms with E-state index in [4.69, 9.17) is 0 Å². The molecule has 21 heavy (non-hydrogen) atoms. The predicted molar refractivity (Wildman–Crippen MR) is 84.1 cm³/mol. The summed E-state index contributed by atoms with van der Waals surface area (Å²) in [6, 6.07) is 0. The highest BCUT2D eigenvalue weighted by molar-refractivity contribution is 5.88. The van der Waals surface area contributed by atoms with Crippen molar-refractivity contribution >= 4 is 11.7 Å². The van der Waals surface area contributed by atoms with E-state index in [1.807, 2.05) is 18.9 Å². The van der Waals surface area contributed by atoms with E-state index in [0.717, 1.165) is 38.8 Å². The Balaban J connectivity index is 1.87. The maximum Gasteiger partial charge on any atom is 0.226 e. The first-order valence-corrected chi connectivity index (χ1v) is 8.63. The average molecular weight is 294 g/mol. The van der Waals surface area contributed by atoms with Crippen LogP contribution in [0.25, 0.3) is 0 Å². The van der Waals surface area contributed by atoms with Crippen LogP contribution in [0.15, 0.2) is 0 Å². The first-order chi connectivity index (χ1) is 10.1. The van der Waals surface area contributed by atoms with Crippen molar-refractivity contribution in [2.45, 2.75) is 51.9 Å². The van der Waals surface area contributed by atoms with Crippen LogP contribution in [0.3, 0.4) is 0 Å². The molecule has 4 heteroatoms. The van der Waals surface area contributed by atoms with E-state index in [-0.39, 0.29) is 23.5 Å². The summed E-state index contributed by atoms with van der Waals surface area (Å²) < 4.78 is 0. The van der Waals surface area contributed by atoms with Gasteiger partial charge in [0.1, 0.15) is 5.78 Å². The summed E-state index contributed by atoms with van der Waals surface area (Å²) in [4.78, 5) is 29.1. The molecule has 1 aliphatic heterocycles. The van der Waals surface area contributed by atoms with Gasteiger partial charge in [-0.3, -0.25) is 9.59 Å². The Hall–Kier alpha value is -0.900. The highest BCUT2D eigenvalue weighted by Crippen LogP contribution is 2.32. The van der Waals surface area contributed by atoms with Crippen molar-refractivity contribution in [2.24, 2.45) is 11.8 Å². The lowest BCUT2D eigenvalue weighted by atomic mass is 9.75. The minimum Gasteiger partial charge on any atom is -0.344 e. The summed E-state index contributed by atoms with van der Waals surface area (Å²) in [5, 5.41) is 0. The molecule has 0 aromatic carbocycles. The van der Waals surface area contributed by atoms with Crippen molar-refractivity contribution in [3.63, 3.8) is 0 Å². The van der Waals surface area contributed by atoms with Crippen LogP contribution in [0.2, 0.25) is 0 Å². The fourth-order valence-corrected chi connectivity index (χ4v) is 3.76. The molecular weight excluding hydrogens is 264 g/mol. The molecule has 1 saturated heterocycles. The molecule has 120 valence electrons. The number of carbonyl (C=O) groups is 2. The summed E-state index contributed by atoms with van der Waals surface area (Å²) >= 11 is 0. The molecule has 2 aliphatic rings. The van der Waals surface area contributed by atoms with E-state index in [1.54, 1.807) is 0 Å². The van der Waals surface area contributed by atoms with Crippen LogP contribution in [-0.2, 0) is 9.59 Å². The molecule has 0 unspecified atom stereocenters. The number of ketones is 1. The van der Waals surface area contributed by atoms with Crippen LogP contribution >= 0.6 is 0 Å². The molecule has 0 aromatic heterocycles. The van der Waals surface area contributed by atoms with Gasteiger partial charge in [-0.05, 0) is 38.8 Å². The Bertz CT molecular complexity index is 364. The lowest BCUT2D eigenvalue weighted by molar-refractivity contribution is -0.142. The van der Waals surface area contributed by atoms with Gasteiger partial charge in [0, 0.05) is 38.4 Å². The molecule has 0 radical (unpaired) electrons. The van der Waals surface area contributed by atoms with Crippen LogP contribution in [-0.4, -0.2) is 54.7 Å². The fourth-order valence-electron chi connectivity index (χ4n) is 3.76. The third kappa shape index (κ3) is 4.29. The summed E-state index contributed by atoms with van der Waals surface area (Å²) in [7, 11) is 1.90. The third-order valence-corrected chi connectivity index (χ3v) is 5.17. The third-order valence-electron chi connectivity index (χ3n) is 5.17. The van der Waals surface area contributed by atoms with Gasteiger partial charge in [0.2, 0.25) is 5.91 Å². The zero-order valence-electron chi connectivity index (χ0n) is 13.6. The second-order valence-corrected chi connectivity index (χ2v) is 6.63. The number of carbonyl (C=O) groups excluding carboxylic acids is 2. The quantitative estimate of drug-likeness (QED) is 0.755. The number of amides is 1. The highest BCUT2D eigenvalue weighted by Gasteiger charge is 2.36. The molecule has 2 atom stereocenters. The molecule has 1 amide bonds. The molecule has 2 fully saturated rings. The topological polar surface area (TPSA) is 40.6 Å². The van der Waals surface area contributed by atoms with E-state index < -0.39 is 0 Å². The molecule has 0 bridgehead atoms. The number of hydrogen-bond donors (Lipinski definition) is 0. The van der Waals surface area contributed by atoms with Crippen molar-refractivity contribution in [3.8, 4) is 0 Å². The molecule has 1 aliphatic carbocycles.